The van der Waals surface area contributed by atoms with Crippen LogP contribution in [-0.2, 0) is 11.3 Å². The van der Waals surface area contributed by atoms with E-state index in [4.69, 9.17) is 19.2 Å². The Balaban J connectivity index is 1.60. The molecule has 1 aliphatic heterocycles. The number of aromatic nitrogens is 4. The summed E-state index contributed by atoms with van der Waals surface area (Å²) in [6.07, 6.45) is 0. The fourth-order valence-electron chi connectivity index (χ4n) is 3.08. The van der Waals surface area contributed by atoms with E-state index in [0.29, 0.717) is 5.89 Å². The van der Waals surface area contributed by atoms with Gasteiger partial charge in [0.15, 0.2) is 5.82 Å². The molecule has 0 N–H and O–H groups in total. The molecular weight excluding hydrogens is 374 g/mol. The zero-order valence-electron chi connectivity index (χ0n) is 16.5. The molecule has 8 heteroatoms. The van der Waals surface area contributed by atoms with E-state index in [1.807, 2.05) is 18.2 Å². The fourth-order valence-corrected chi connectivity index (χ4v) is 4.07. The van der Waals surface area contributed by atoms with E-state index in [9.17, 15) is 0 Å². The Labute approximate surface area is 168 Å². The number of morpholine rings is 1. The molecule has 0 radical (unpaired) electrons. The third-order valence-corrected chi connectivity index (χ3v) is 5.78. The zero-order chi connectivity index (χ0) is 19.5. The second kappa shape index (κ2) is 8.55. The van der Waals surface area contributed by atoms with Gasteiger partial charge in [0.2, 0.25) is 5.89 Å². The standard InChI is InChI=1S/C20H25N5O2S/c1-13(2)18-23-19(27-24-18)14(3)28-20-15-6-4-5-7-16(15)21-17(22-20)12-25-8-10-26-11-9-25/h4-7,13-14H,8-12H2,1-3H3. The first-order valence-corrected chi connectivity index (χ1v) is 10.5. The Bertz CT molecular complexity index is 939. The fraction of sp³-hybridized carbons (Fsp3) is 0.500. The van der Waals surface area contributed by atoms with Gasteiger partial charge in [-0.05, 0) is 13.0 Å². The molecule has 148 valence electrons. The van der Waals surface area contributed by atoms with E-state index >= 15 is 0 Å². The minimum atomic E-state index is 0.00884. The number of para-hydroxylation sites is 1. The van der Waals surface area contributed by atoms with Gasteiger partial charge in [-0.15, -0.1) is 0 Å². The molecule has 4 rings (SSSR count). The maximum atomic E-state index is 5.48. The monoisotopic (exact) mass is 399 g/mol. The minimum absolute atomic E-state index is 0.00884. The molecule has 2 aromatic heterocycles. The van der Waals surface area contributed by atoms with Crippen molar-refractivity contribution in [1.29, 1.82) is 0 Å². The highest BCUT2D eigenvalue weighted by molar-refractivity contribution is 7.99. The molecule has 1 fully saturated rings. The Kier molecular flexibility index (Phi) is 5.89. The molecule has 0 bridgehead atoms. The summed E-state index contributed by atoms with van der Waals surface area (Å²) in [5, 5.41) is 6.09. The first-order valence-electron chi connectivity index (χ1n) is 9.66. The van der Waals surface area contributed by atoms with Crippen LogP contribution in [0.5, 0.6) is 0 Å². The van der Waals surface area contributed by atoms with Crippen LogP contribution in [0, 0.1) is 0 Å². The highest BCUT2D eigenvalue weighted by atomic mass is 32.2. The normalized spacial score (nSPS) is 16.7. The Morgan fingerprint density at radius 1 is 1.07 bits per heavy atom. The predicted molar refractivity (Wildman–Crippen MR) is 108 cm³/mol. The lowest BCUT2D eigenvalue weighted by Crippen LogP contribution is -2.36. The van der Waals surface area contributed by atoms with Crippen LogP contribution in [0.3, 0.4) is 0 Å². The zero-order valence-corrected chi connectivity index (χ0v) is 17.3. The van der Waals surface area contributed by atoms with Gasteiger partial charge in [-0.1, -0.05) is 49.0 Å². The number of nitrogens with zero attached hydrogens (tertiary/aromatic N) is 5. The second-order valence-corrected chi connectivity index (χ2v) is 8.59. The van der Waals surface area contributed by atoms with E-state index in [-0.39, 0.29) is 11.2 Å². The minimum Gasteiger partial charge on any atom is -0.379 e. The van der Waals surface area contributed by atoms with Gasteiger partial charge >= 0.3 is 0 Å². The second-order valence-electron chi connectivity index (χ2n) is 7.26. The van der Waals surface area contributed by atoms with Gasteiger partial charge in [0, 0.05) is 24.4 Å². The van der Waals surface area contributed by atoms with Crippen molar-refractivity contribution in [2.24, 2.45) is 0 Å². The molecule has 1 aliphatic rings. The average molecular weight is 400 g/mol. The van der Waals surface area contributed by atoms with E-state index in [2.05, 4.69) is 41.9 Å². The summed E-state index contributed by atoms with van der Waals surface area (Å²) in [4.78, 5) is 16.5. The first kappa shape index (κ1) is 19.3. The van der Waals surface area contributed by atoms with Crippen LogP contribution in [0.25, 0.3) is 10.9 Å². The molecule has 0 aliphatic carbocycles. The summed E-state index contributed by atoms with van der Waals surface area (Å²) in [7, 11) is 0. The number of ether oxygens (including phenoxy) is 1. The summed E-state index contributed by atoms with van der Waals surface area (Å²) >= 11 is 1.64. The molecule has 1 atom stereocenters. The van der Waals surface area contributed by atoms with Crippen LogP contribution in [0.2, 0.25) is 0 Å². The summed E-state index contributed by atoms with van der Waals surface area (Å²) in [6, 6.07) is 8.14. The predicted octanol–water partition coefficient (Wildman–Crippen LogP) is 3.82. The van der Waals surface area contributed by atoms with E-state index in [1.54, 1.807) is 11.8 Å². The van der Waals surface area contributed by atoms with Crippen LogP contribution in [0.15, 0.2) is 33.8 Å². The number of hydrogen-bond acceptors (Lipinski definition) is 8. The van der Waals surface area contributed by atoms with Crippen molar-refractivity contribution >= 4 is 22.7 Å². The number of fused-ring (bicyclic) bond motifs is 1. The summed E-state index contributed by atoms with van der Waals surface area (Å²) in [5.41, 5.74) is 0.962. The van der Waals surface area contributed by atoms with Gasteiger partial charge in [-0.2, -0.15) is 4.98 Å². The van der Waals surface area contributed by atoms with Crippen LogP contribution < -0.4 is 0 Å². The van der Waals surface area contributed by atoms with E-state index < -0.39 is 0 Å². The molecule has 28 heavy (non-hydrogen) atoms. The van der Waals surface area contributed by atoms with E-state index in [1.165, 1.54) is 0 Å². The largest absolute Gasteiger partial charge is 0.379 e. The number of thioether (sulfide) groups is 1. The van der Waals surface area contributed by atoms with Gasteiger partial charge in [-0.25, -0.2) is 9.97 Å². The van der Waals surface area contributed by atoms with Crippen molar-refractivity contribution in [3.8, 4) is 0 Å². The topological polar surface area (TPSA) is 77.2 Å². The molecule has 3 aromatic rings. The lowest BCUT2D eigenvalue weighted by molar-refractivity contribution is 0.0330. The number of hydrogen-bond donors (Lipinski definition) is 0. The third kappa shape index (κ3) is 4.34. The molecule has 1 unspecified atom stereocenters. The Morgan fingerprint density at radius 3 is 2.61 bits per heavy atom. The maximum absolute atomic E-state index is 5.48. The van der Waals surface area contributed by atoms with Gasteiger partial charge < -0.3 is 9.26 Å². The van der Waals surface area contributed by atoms with Crippen molar-refractivity contribution < 1.29 is 9.26 Å². The number of rotatable bonds is 6. The van der Waals surface area contributed by atoms with Crippen molar-refractivity contribution in [1.82, 2.24) is 25.0 Å². The van der Waals surface area contributed by atoms with Gasteiger partial charge in [0.25, 0.3) is 0 Å². The summed E-state index contributed by atoms with van der Waals surface area (Å²) in [5.74, 6) is 2.45. The summed E-state index contributed by atoms with van der Waals surface area (Å²) < 4.78 is 10.9. The molecular formula is C20H25N5O2S. The molecule has 1 saturated heterocycles. The third-order valence-electron chi connectivity index (χ3n) is 4.69. The first-order chi connectivity index (χ1) is 13.6. The molecule has 0 spiro atoms. The lowest BCUT2D eigenvalue weighted by atomic mass is 10.2. The average Bonchev–Trinajstić information content (AvgIpc) is 3.20. The van der Waals surface area contributed by atoms with Crippen molar-refractivity contribution in [2.45, 2.75) is 43.5 Å². The Morgan fingerprint density at radius 2 is 1.86 bits per heavy atom. The molecule has 1 aromatic carbocycles. The van der Waals surface area contributed by atoms with Crippen molar-refractivity contribution in [3.05, 3.63) is 41.8 Å². The molecule has 0 amide bonds. The van der Waals surface area contributed by atoms with Gasteiger partial charge in [0.1, 0.15) is 10.9 Å². The van der Waals surface area contributed by atoms with Crippen LogP contribution in [0.4, 0.5) is 0 Å². The maximum Gasteiger partial charge on any atom is 0.239 e. The highest BCUT2D eigenvalue weighted by Gasteiger charge is 2.20. The number of benzene rings is 1. The highest BCUT2D eigenvalue weighted by Crippen LogP contribution is 2.36. The van der Waals surface area contributed by atoms with Gasteiger partial charge in [-0.3, -0.25) is 4.90 Å². The van der Waals surface area contributed by atoms with Crippen LogP contribution in [0.1, 0.15) is 49.5 Å². The summed E-state index contributed by atoms with van der Waals surface area (Å²) in [6.45, 7) is 10.3. The van der Waals surface area contributed by atoms with Crippen LogP contribution >= 0.6 is 11.8 Å². The van der Waals surface area contributed by atoms with Crippen molar-refractivity contribution in [3.63, 3.8) is 0 Å². The smallest absolute Gasteiger partial charge is 0.239 e. The van der Waals surface area contributed by atoms with Crippen molar-refractivity contribution in [2.75, 3.05) is 26.3 Å². The molecule has 3 heterocycles. The Hall–Kier alpha value is -2.03. The van der Waals surface area contributed by atoms with E-state index in [0.717, 1.165) is 60.4 Å². The molecule has 7 nitrogen and oxygen atoms in total. The van der Waals surface area contributed by atoms with Crippen LogP contribution in [-0.4, -0.2) is 51.3 Å². The SMILES string of the molecule is CC(C)c1noc(C(C)Sc2nc(CN3CCOCC3)nc3ccccc23)n1. The lowest BCUT2D eigenvalue weighted by Gasteiger charge is -2.26. The molecule has 0 saturated carbocycles. The quantitative estimate of drug-likeness (QED) is 0.457. The van der Waals surface area contributed by atoms with Gasteiger partial charge in [0.05, 0.1) is 30.5 Å².